The molecule has 2 fully saturated rings. The molecule has 4 rings (SSSR count). The summed E-state index contributed by atoms with van der Waals surface area (Å²) in [5.74, 6) is -0.416. The third-order valence-corrected chi connectivity index (χ3v) is 7.08. The predicted molar refractivity (Wildman–Crippen MR) is 131 cm³/mol. The van der Waals surface area contributed by atoms with Gasteiger partial charge in [0.2, 0.25) is 0 Å². The van der Waals surface area contributed by atoms with Crippen molar-refractivity contribution in [2.45, 2.75) is 25.0 Å². The molecule has 2 atom stereocenters. The molecule has 3 heterocycles. The minimum Gasteiger partial charge on any atom is -0.378 e. The molecule has 1 amide bonds. The Hall–Kier alpha value is -2.60. The van der Waals surface area contributed by atoms with Gasteiger partial charge in [-0.3, -0.25) is 9.69 Å². The molecule has 2 aromatic rings. The van der Waals surface area contributed by atoms with E-state index < -0.39 is 27.6 Å². The minimum atomic E-state index is -3.29. The SMILES string of the molecule is C[C@H](/C=C/S(C)(=O)=O)NC(=O)c1cnc(N2CCN(C3COC3)C[C@@H]2c2cccc(F)c2Cl)cn1. The van der Waals surface area contributed by atoms with E-state index in [2.05, 4.69) is 20.2 Å². The number of piperazine rings is 1. The molecule has 1 aromatic carbocycles. The first kappa shape index (κ1) is 25.5. The zero-order chi connectivity index (χ0) is 25.2. The van der Waals surface area contributed by atoms with Crippen LogP contribution < -0.4 is 10.2 Å². The van der Waals surface area contributed by atoms with Gasteiger partial charge in [0.05, 0.1) is 42.7 Å². The van der Waals surface area contributed by atoms with Gasteiger partial charge in [0.25, 0.3) is 5.91 Å². The molecular weight excluding hydrogens is 497 g/mol. The monoisotopic (exact) mass is 523 g/mol. The van der Waals surface area contributed by atoms with E-state index in [0.717, 1.165) is 18.2 Å². The van der Waals surface area contributed by atoms with Gasteiger partial charge in [-0.15, -0.1) is 0 Å². The average Bonchev–Trinajstić information content (AvgIpc) is 2.78. The fourth-order valence-electron chi connectivity index (χ4n) is 4.06. The summed E-state index contributed by atoms with van der Waals surface area (Å²) in [5.41, 5.74) is 0.755. The number of hydrogen-bond donors (Lipinski definition) is 1. The molecule has 0 spiro atoms. The lowest BCUT2D eigenvalue weighted by Gasteiger charge is -2.47. The maximum absolute atomic E-state index is 14.3. The number of aromatic nitrogens is 2. The first-order valence-corrected chi connectivity index (χ1v) is 13.5. The summed E-state index contributed by atoms with van der Waals surface area (Å²) in [6, 6.07) is 4.33. The first-order chi connectivity index (χ1) is 16.6. The molecule has 0 saturated carbocycles. The summed E-state index contributed by atoms with van der Waals surface area (Å²) in [6.45, 7) is 5.00. The fourth-order valence-corrected chi connectivity index (χ4v) is 4.84. The Bertz CT molecular complexity index is 1210. The molecule has 2 aliphatic rings. The smallest absolute Gasteiger partial charge is 0.271 e. The van der Waals surface area contributed by atoms with Gasteiger partial charge in [0, 0.05) is 37.3 Å². The van der Waals surface area contributed by atoms with Crippen LogP contribution in [0.5, 0.6) is 0 Å². The van der Waals surface area contributed by atoms with Crippen LogP contribution >= 0.6 is 11.6 Å². The molecule has 12 heteroatoms. The summed E-state index contributed by atoms with van der Waals surface area (Å²) in [4.78, 5) is 25.6. The summed E-state index contributed by atoms with van der Waals surface area (Å²) in [7, 11) is -3.29. The predicted octanol–water partition coefficient (Wildman–Crippen LogP) is 2.21. The van der Waals surface area contributed by atoms with E-state index in [4.69, 9.17) is 16.3 Å². The van der Waals surface area contributed by atoms with Crippen LogP contribution in [0, 0.1) is 5.82 Å². The van der Waals surface area contributed by atoms with Crippen LogP contribution in [0.25, 0.3) is 0 Å². The van der Waals surface area contributed by atoms with Crippen molar-refractivity contribution >= 4 is 33.2 Å². The number of benzene rings is 1. The topological polar surface area (TPSA) is 105 Å². The van der Waals surface area contributed by atoms with Gasteiger partial charge < -0.3 is 15.0 Å². The van der Waals surface area contributed by atoms with E-state index in [-0.39, 0.29) is 16.8 Å². The Kier molecular flexibility index (Phi) is 7.70. The van der Waals surface area contributed by atoms with E-state index in [1.54, 1.807) is 13.0 Å². The van der Waals surface area contributed by atoms with Crippen molar-refractivity contribution in [3.05, 3.63) is 64.2 Å². The molecule has 0 bridgehead atoms. The van der Waals surface area contributed by atoms with Crippen molar-refractivity contribution in [3.8, 4) is 0 Å². The minimum absolute atomic E-state index is 0.0781. The van der Waals surface area contributed by atoms with E-state index in [1.165, 1.54) is 24.5 Å². The maximum Gasteiger partial charge on any atom is 0.271 e. The Morgan fingerprint density at radius 2 is 2.06 bits per heavy atom. The molecule has 0 unspecified atom stereocenters. The number of carbonyl (C=O) groups is 1. The van der Waals surface area contributed by atoms with Crippen molar-refractivity contribution in [3.63, 3.8) is 0 Å². The van der Waals surface area contributed by atoms with E-state index >= 15 is 0 Å². The highest BCUT2D eigenvalue weighted by atomic mass is 35.5. The van der Waals surface area contributed by atoms with Gasteiger partial charge in [-0.1, -0.05) is 29.8 Å². The van der Waals surface area contributed by atoms with Gasteiger partial charge >= 0.3 is 0 Å². The van der Waals surface area contributed by atoms with Gasteiger partial charge in [0.15, 0.2) is 9.84 Å². The second kappa shape index (κ2) is 10.6. The third kappa shape index (κ3) is 6.16. The molecule has 2 aliphatic heterocycles. The van der Waals surface area contributed by atoms with Crippen molar-refractivity contribution in [1.82, 2.24) is 20.2 Å². The molecule has 188 valence electrons. The van der Waals surface area contributed by atoms with Crippen LogP contribution in [-0.2, 0) is 14.6 Å². The summed E-state index contributed by atoms with van der Waals surface area (Å²) < 4.78 is 42.1. The lowest BCUT2D eigenvalue weighted by Crippen LogP contribution is -2.57. The van der Waals surface area contributed by atoms with E-state index in [9.17, 15) is 17.6 Å². The van der Waals surface area contributed by atoms with Gasteiger partial charge in [-0.25, -0.2) is 22.8 Å². The van der Waals surface area contributed by atoms with Crippen LogP contribution in [0.4, 0.5) is 10.2 Å². The second-order valence-corrected chi connectivity index (χ2v) is 11.0. The normalized spacial score (nSPS) is 20.6. The van der Waals surface area contributed by atoms with Gasteiger partial charge in [0.1, 0.15) is 17.3 Å². The van der Waals surface area contributed by atoms with Gasteiger partial charge in [-0.2, -0.15) is 0 Å². The Morgan fingerprint density at radius 3 is 2.69 bits per heavy atom. The van der Waals surface area contributed by atoms with E-state index in [1.807, 2.05) is 11.0 Å². The highest BCUT2D eigenvalue weighted by molar-refractivity contribution is 7.93. The average molecular weight is 524 g/mol. The van der Waals surface area contributed by atoms with Crippen molar-refractivity contribution in [2.24, 2.45) is 0 Å². The van der Waals surface area contributed by atoms with Crippen LogP contribution in [-0.4, -0.2) is 80.4 Å². The Balaban J connectivity index is 1.52. The number of nitrogens with zero attached hydrogens (tertiary/aromatic N) is 4. The summed E-state index contributed by atoms with van der Waals surface area (Å²) in [5, 5.41) is 3.78. The van der Waals surface area contributed by atoms with Crippen LogP contribution in [0.3, 0.4) is 0 Å². The summed E-state index contributed by atoms with van der Waals surface area (Å²) in [6.07, 6.45) is 5.34. The molecule has 9 nitrogen and oxygen atoms in total. The highest BCUT2D eigenvalue weighted by Crippen LogP contribution is 2.35. The third-order valence-electron chi connectivity index (χ3n) is 6.03. The quantitative estimate of drug-likeness (QED) is 0.589. The van der Waals surface area contributed by atoms with Crippen LogP contribution in [0.15, 0.2) is 42.1 Å². The molecule has 35 heavy (non-hydrogen) atoms. The van der Waals surface area contributed by atoms with Crippen LogP contribution in [0.1, 0.15) is 29.0 Å². The number of carbonyl (C=O) groups excluding carboxylic acids is 1. The number of halogens is 2. The first-order valence-electron chi connectivity index (χ1n) is 11.2. The molecule has 1 aromatic heterocycles. The number of anilines is 1. The van der Waals surface area contributed by atoms with Crippen molar-refractivity contribution in [1.29, 1.82) is 0 Å². The molecule has 0 radical (unpaired) electrons. The number of nitrogens with one attached hydrogen (secondary N) is 1. The zero-order valence-corrected chi connectivity index (χ0v) is 21.0. The number of ether oxygens (including phenoxy) is 1. The zero-order valence-electron chi connectivity index (χ0n) is 19.4. The molecule has 0 aliphatic carbocycles. The maximum atomic E-state index is 14.3. The number of rotatable bonds is 7. The number of hydrogen-bond acceptors (Lipinski definition) is 8. The standard InChI is InChI=1S/C23H27ClFN5O4S/c1-15(6-9-35(2,32)33)28-23(31)19-10-27-21(11-26-19)30-8-7-29(16-13-34-14-16)12-20(30)17-4-3-5-18(25)22(17)24/h3-6,9-11,15-16,20H,7-8,12-14H2,1-2H3,(H,28,31)/b9-6+/t15-,20-/m1/s1. The van der Waals surface area contributed by atoms with Crippen molar-refractivity contribution < 1.29 is 22.3 Å². The summed E-state index contributed by atoms with van der Waals surface area (Å²) >= 11 is 6.35. The Morgan fingerprint density at radius 1 is 1.29 bits per heavy atom. The second-order valence-electron chi connectivity index (χ2n) is 8.72. The molecule has 1 N–H and O–H groups in total. The molecule has 2 saturated heterocycles. The lowest BCUT2D eigenvalue weighted by molar-refractivity contribution is -0.0699. The van der Waals surface area contributed by atoms with Crippen molar-refractivity contribution in [2.75, 3.05) is 44.0 Å². The van der Waals surface area contributed by atoms with Crippen LogP contribution in [0.2, 0.25) is 5.02 Å². The number of amides is 1. The highest BCUT2D eigenvalue weighted by Gasteiger charge is 2.36. The number of sulfone groups is 1. The molecular formula is C23H27ClFN5O4S. The lowest BCUT2D eigenvalue weighted by atomic mass is 10.00. The fraction of sp³-hybridized carbons (Fsp3) is 0.435. The van der Waals surface area contributed by atoms with E-state index in [0.29, 0.717) is 43.7 Å². The Labute approximate surface area is 208 Å². The largest absolute Gasteiger partial charge is 0.378 e. The van der Waals surface area contributed by atoms with Gasteiger partial charge in [-0.05, 0) is 18.6 Å².